The summed E-state index contributed by atoms with van der Waals surface area (Å²) >= 11 is 31.0. The van der Waals surface area contributed by atoms with Crippen LogP contribution in [-0.4, -0.2) is 28.4 Å². The molecule has 1 aliphatic heterocycles. The second-order valence-corrected chi connectivity index (χ2v) is 24.0. The monoisotopic (exact) mass is 688 g/mol. The van der Waals surface area contributed by atoms with E-state index in [1.807, 2.05) is 48.5 Å². The van der Waals surface area contributed by atoms with Crippen molar-refractivity contribution in [2.45, 2.75) is 0 Å². The normalized spacial score (nSPS) is 19.4. The number of nitrogens with zero attached hydrogens (tertiary/aromatic N) is 2. The molecule has 4 aromatic carbocycles. The van der Waals surface area contributed by atoms with Gasteiger partial charge in [-0.1, -0.05) is 0 Å². The van der Waals surface area contributed by atoms with E-state index in [0.717, 1.165) is 0 Å². The zero-order valence-corrected chi connectivity index (χ0v) is 28.0. The summed E-state index contributed by atoms with van der Waals surface area (Å²) in [7, 11) is 6.38. The molecule has 8 nitrogen and oxygen atoms in total. The number of hydrogen-bond donors (Lipinski definition) is 2. The van der Waals surface area contributed by atoms with Crippen LogP contribution in [0, 0.1) is 0 Å². The van der Waals surface area contributed by atoms with Crippen LogP contribution in [-0.2, 0) is 0 Å². The molecule has 0 bridgehead atoms. The molecule has 2 N–H and O–H groups in total. The Bertz CT molecular complexity index is 1430. The van der Waals surface area contributed by atoms with Gasteiger partial charge in [-0.3, -0.25) is 0 Å². The van der Waals surface area contributed by atoms with Crippen LogP contribution in [0.5, 0.6) is 23.0 Å². The van der Waals surface area contributed by atoms with E-state index in [1.54, 1.807) is 85.9 Å². The molecule has 0 unspecified atom stereocenters. The average molecular weight is 690 g/mol. The Morgan fingerprint density at radius 2 is 0.667 bits per heavy atom. The summed E-state index contributed by atoms with van der Waals surface area (Å²) in [5.74, 6) is -6.38. The molecular weight excluding hydrogens is 660 g/mol. The molecule has 1 heterocycles. The first-order valence-electron chi connectivity index (χ1n) is 12.6. The number of benzene rings is 4. The Labute approximate surface area is 264 Å². The van der Waals surface area contributed by atoms with Crippen LogP contribution < -0.4 is 38.0 Å². The van der Waals surface area contributed by atoms with Gasteiger partial charge in [0, 0.05) is 0 Å². The van der Waals surface area contributed by atoms with Gasteiger partial charge in [-0.25, -0.2) is 0 Å². The topological polar surface area (TPSA) is 67.5 Å². The molecule has 1 fully saturated rings. The van der Waals surface area contributed by atoms with Crippen molar-refractivity contribution in [3.8, 4) is 23.0 Å². The van der Waals surface area contributed by atoms with E-state index in [4.69, 9.17) is 63.9 Å². The van der Waals surface area contributed by atoms with Crippen molar-refractivity contribution < 1.29 is 18.9 Å². The summed E-state index contributed by atoms with van der Waals surface area (Å²) in [5, 5.41) is 6.84. The van der Waals surface area contributed by atoms with Gasteiger partial charge in [-0.2, -0.15) is 0 Å². The first-order valence-corrected chi connectivity index (χ1v) is 20.5. The van der Waals surface area contributed by atoms with Crippen LogP contribution in [0.25, 0.3) is 0 Å². The fourth-order valence-corrected chi connectivity index (χ4v) is 29.1. The van der Waals surface area contributed by atoms with Crippen molar-refractivity contribution in [3.63, 3.8) is 0 Å². The Balaban J connectivity index is 1.73. The number of anilines is 4. The predicted octanol–water partition coefficient (Wildman–Crippen LogP) is 10.5. The van der Waals surface area contributed by atoms with Crippen molar-refractivity contribution in [3.05, 3.63) is 97.1 Å². The molecule has 14 heteroatoms. The molecule has 0 spiro atoms. The molecule has 0 atom stereocenters. The molecule has 1 saturated heterocycles. The molecule has 0 amide bonds. The van der Waals surface area contributed by atoms with Crippen molar-refractivity contribution in [1.29, 1.82) is 0 Å². The van der Waals surface area contributed by atoms with E-state index in [9.17, 15) is 0 Å². The van der Waals surface area contributed by atoms with Crippen LogP contribution in [0.15, 0.2) is 97.1 Å². The number of halogens is 4. The van der Waals surface area contributed by atoms with Crippen molar-refractivity contribution >= 4 is 79.2 Å². The minimum absolute atomic E-state index is 0.577. The number of rotatable bonds is 10. The average Bonchev–Trinajstić information content (AvgIpc) is 2.98. The van der Waals surface area contributed by atoms with Crippen LogP contribution in [0.4, 0.5) is 22.7 Å². The SMILES string of the molecule is COc1ccc(NP2(Cl)(Cl)N(c3ccc(OC)cc3)P(Cl)(Cl)(Nc3ccc(OC)cc3)N2c2ccc(OC)cc2)cc1. The molecule has 0 aliphatic carbocycles. The Morgan fingerprint density at radius 1 is 0.429 bits per heavy atom. The van der Waals surface area contributed by atoms with E-state index < -0.39 is 11.5 Å². The summed E-state index contributed by atoms with van der Waals surface area (Å²) in [5.41, 5.74) is 2.42. The van der Waals surface area contributed by atoms with E-state index in [0.29, 0.717) is 45.7 Å². The minimum atomic E-state index is -4.51. The van der Waals surface area contributed by atoms with Gasteiger partial charge < -0.3 is 0 Å². The molecule has 4 aromatic rings. The second-order valence-electron chi connectivity index (χ2n) is 9.31. The summed E-state index contributed by atoms with van der Waals surface area (Å²) in [6.45, 7) is 0. The fourth-order valence-electron chi connectivity index (χ4n) is 4.81. The van der Waals surface area contributed by atoms with Gasteiger partial charge in [-0.15, -0.1) is 0 Å². The first-order chi connectivity index (χ1) is 19.9. The third-order valence-electron chi connectivity index (χ3n) is 6.70. The van der Waals surface area contributed by atoms with Crippen LogP contribution >= 0.6 is 56.5 Å². The van der Waals surface area contributed by atoms with Crippen LogP contribution in [0.3, 0.4) is 0 Å². The van der Waals surface area contributed by atoms with Gasteiger partial charge in [0.2, 0.25) is 0 Å². The molecule has 42 heavy (non-hydrogen) atoms. The van der Waals surface area contributed by atoms with Crippen molar-refractivity contribution in [2.75, 3.05) is 47.5 Å². The van der Waals surface area contributed by atoms with Crippen molar-refractivity contribution in [1.82, 2.24) is 0 Å². The Hall–Kier alpha value is -2.70. The predicted molar refractivity (Wildman–Crippen MR) is 181 cm³/mol. The van der Waals surface area contributed by atoms with E-state index >= 15 is 0 Å². The first kappa shape index (κ1) is 30.7. The van der Waals surface area contributed by atoms with E-state index in [-0.39, 0.29) is 0 Å². The molecule has 224 valence electrons. The van der Waals surface area contributed by atoms with Gasteiger partial charge >= 0.3 is 266 Å². The molecular formula is C28H30Cl4N4O4P2. The zero-order valence-electron chi connectivity index (χ0n) is 23.2. The van der Waals surface area contributed by atoms with Gasteiger partial charge in [0.15, 0.2) is 0 Å². The van der Waals surface area contributed by atoms with E-state index in [2.05, 4.69) is 10.2 Å². The van der Waals surface area contributed by atoms with Crippen LogP contribution in [0.1, 0.15) is 0 Å². The maximum absolute atomic E-state index is 7.75. The Kier molecular flexibility index (Phi) is 8.12. The third kappa shape index (κ3) is 5.19. The van der Waals surface area contributed by atoms with Crippen LogP contribution in [0.2, 0.25) is 0 Å². The third-order valence-corrected chi connectivity index (χ3v) is 22.8. The molecule has 1 aliphatic rings. The summed E-state index contributed by atoms with van der Waals surface area (Å²) in [6.07, 6.45) is 0. The number of methoxy groups -OCH3 is 4. The molecule has 0 saturated carbocycles. The maximum atomic E-state index is 7.75. The van der Waals surface area contributed by atoms with Gasteiger partial charge in [-0.05, 0) is 0 Å². The quantitative estimate of drug-likeness (QED) is 0.160. The molecule has 0 radical (unpaired) electrons. The summed E-state index contributed by atoms with van der Waals surface area (Å²) in [6, 6.07) is 28.9. The van der Waals surface area contributed by atoms with Gasteiger partial charge in [0.05, 0.1) is 0 Å². The van der Waals surface area contributed by atoms with Gasteiger partial charge in [0.1, 0.15) is 0 Å². The molecule has 5 rings (SSSR count). The fraction of sp³-hybridized carbons (Fsp3) is 0.143. The standard InChI is InChI=1S/C28H30Cl4N4O4P2/c1-37-25-13-5-21(6-14-25)33-41(29,30)35(23-9-17-27(39-3)18-10-23)42(31,32,34-22-7-15-26(38-2)16-8-22)36(41)24-11-19-28(40-4)20-12-24/h5-20,33-34H,1-4H3. The summed E-state index contributed by atoms with van der Waals surface area (Å²) in [4.78, 5) is 0. The Morgan fingerprint density at radius 3 is 0.905 bits per heavy atom. The van der Waals surface area contributed by atoms with Crippen molar-refractivity contribution in [2.24, 2.45) is 0 Å². The number of ether oxygens (including phenoxy) is 4. The zero-order chi connectivity index (χ0) is 30.2. The number of hydrogen-bond acceptors (Lipinski definition) is 8. The van der Waals surface area contributed by atoms with E-state index in [1.165, 1.54) is 0 Å². The second kappa shape index (κ2) is 11.1. The molecule has 0 aromatic heterocycles. The van der Waals surface area contributed by atoms with Gasteiger partial charge in [0.25, 0.3) is 0 Å². The number of nitrogens with one attached hydrogen (secondary N) is 2. The summed E-state index contributed by atoms with van der Waals surface area (Å²) < 4.78 is 24.9.